The highest BCUT2D eigenvalue weighted by atomic mass is 15.2. The second-order valence-corrected chi connectivity index (χ2v) is 5.89. The van der Waals surface area contributed by atoms with Crippen LogP contribution in [-0.2, 0) is 0 Å². The average Bonchev–Trinajstić information content (AvgIpc) is 3.12. The molecule has 0 amide bonds. The monoisotopic (exact) mass is 290 g/mol. The summed E-state index contributed by atoms with van der Waals surface area (Å²) in [5.74, 6) is 2.62. The predicted molar refractivity (Wildman–Crippen MR) is 88.5 cm³/mol. The van der Waals surface area contributed by atoms with Gasteiger partial charge in [0.15, 0.2) is 0 Å². The summed E-state index contributed by atoms with van der Waals surface area (Å²) in [6, 6.07) is 0. The number of hydrogen-bond acceptors (Lipinski definition) is 2. The lowest BCUT2D eigenvalue weighted by atomic mass is 10.2. The average molecular weight is 290 g/mol. The molecule has 2 atom stereocenters. The van der Waals surface area contributed by atoms with Gasteiger partial charge in [-0.05, 0) is 19.3 Å². The van der Waals surface area contributed by atoms with Crippen LogP contribution in [-0.4, -0.2) is 24.8 Å². The number of hydrogen-bond donors (Lipinski definition) is 2. The molecule has 2 rings (SSSR count). The molecule has 2 aliphatic rings. The molecule has 0 aromatic rings. The lowest BCUT2D eigenvalue weighted by Crippen LogP contribution is -3.09. The van der Waals surface area contributed by atoms with E-state index >= 15 is 0 Å². The molecule has 0 saturated carbocycles. The molecule has 0 aromatic carbocycles. The first-order valence-electron chi connectivity index (χ1n) is 8.54. The van der Waals surface area contributed by atoms with Crippen LogP contribution < -0.4 is 9.80 Å². The van der Waals surface area contributed by atoms with Crippen molar-refractivity contribution in [2.24, 2.45) is 9.98 Å². The van der Waals surface area contributed by atoms with Gasteiger partial charge in [0, 0.05) is 12.8 Å². The predicted octanol–water partition coefficient (Wildman–Crippen LogP) is 1.29. The summed E-state index contributed by atoms with van der Waals surface area (Å²) in [7, 11) is 0. The molecule has 0 spiro atoms. The zero-order chi connectivity index (χ0) is 14.9. The largest absolute Gasteiger partial charge is 0.262 e. The maximum absolute atomic E-state index is 4.54. The Labute approximate surface area is 128 Å². The van der Waals surface area contributed by atoms with Crippen LogP contribution in [0, 0.1) is 0 Å². The molecule has 0 aliphatic carbocycles. The second kappa shape index (κ2) is 8.90. The molecule has 4 nitrogen and oxygen atoms in total. The second-order valence-electron chi connectivity index (χ2n) is 5.89. The van der Waals surface area contributed by atoms with Crippen LogP contribution in [0.1, 0.15) is 58.8 Å². The Morgan fingerprint density at radius 1 is 0.762 bits per heavy atom. The minimum atomic E-state index is 1.09. The number of nitrogens with one attached hydrogen (secondary N) is 2. The molecule has 0 saturated heterocycles. The molecule has 2 unspecified atom stereocenters. The summed E-state index contributed by atoms with van der Waals surface area (Å²) in [5, 5.41) is 0. The molecule has 2 heterocycles. The Balaban J connectivity index is 1.70. The van der Waals surface area contributed by atoms with Crippen molar-refractivity contribution < 1.29 is 9.80 Å². The summed E-state index contributed by atoms with van der Waals surface area (Å²) in [6.45, 7) is 6.86. The highest BCUT2D eigenvalue weighted by Crippen LogP contribution is 2.00. The van der Waals surface area contributed by atoms with E-state index in [1.807, 2.05) is 12.4 Å². The van der Waals surface area contributed by atoms with E-state index in [1.54, 1.807) is 0 Å². The van der Waals surface area contributed by atoms with E-state index in [0.29, 0.717) is 0 Å². The van der Waals surface area contributed by atoms with E-state index in [1.165, 1.54) is 60.2 Å². The third-order valence-electron chi connectivity index (χ3n) is 4.18. The van der Waals surface area contributed by atoms with Crippen LogP contribution in [0.25, 0.3) is 0 Å². The van der Waals surface area contributed by atoms with Crippen molar-refractivity contribution in [3.8, 4) is 0 Å². The van der Waals surface area contributed by atoms with Crippen molar-refractivity contribution in [2.45, 2.75) is 58.8 Å². The SMILES string of the molecule is CCCC[NH+]1C=CN=C1CCCC1=NC=C[NH+]1CCCC. The lowest BCUT2D eigenvalue weighted by Gasteiger charge is -2.13. The summed E-state index contributed by atoms with van der Waals surface area (Å²) in [6.07, 6.45) is 16.7. The van der Waals surface area contributed by atoms with Crippen molar-refractivity contribution in [3.05, 3.63) is 24.8 Å². The van der Waals surface area contributed by atoms with E-state index in [2.05, 4.69) is 36.2 Å². The molecular weight excluding hydrogens is 260 g/mol. The van der Waals surface area contributed by atoms with Crippen LogP contribution in [0.15, 0.2) is 34.8 Å². The Kier molecular flexibility index (Phi) is 6.83. The first-order valence-corrected chi connectivity index (χ1v) is 8.54. The Morgan fingerprint density at radius 2 is 1.24 bits per heavy atom. The van der Waals surface area contributed by atoms with Gasteiger partial charge in [0.25, 0.3) is 0 Å². The topological polar surface area (TPSA) is 33.6 Å². The van der Waals surface area contributed by atoms with E-state index in [4.69, 9.17) is 0 Å². The molecule has 2 N–H and O–H groups in total. The molecule has 0 fully saturated rings. The highest BCUT2D eigenvalue weighted by molar-refractivity contribution is 5.78. The Bertz CT molecular complexity index is 394. The fourth-order valence-corrected chi connectivity index (χ4v) is 2.86. The van der Waals surface area contributed by atoms with E-state index in [0.717, 1.165) is 19.3 Å². The van der Waals surface area contributed by atoms with Gasteiger partial charge in [0.05, 0.1) is 25.5 Å². The van der Waals surface area contributed by atoms with Gasteiger partial charge >= 0.3 is 0 Å². The number of quaternary nitrogens is 2. The van der Waals surface area contributed by atoms with Crippen molar-refractivity contribution in [3.63, 3.8) is 0 Å². The van der Waals surface area contributed by atoms with Gasteiger partial charge in [-0.3, -0.25) is 9.80 Å². The zero-order valence-electron chi connectivity index (χ0n) is 13.6. The third-order valence-corrected chi connectivity index (χ3v) is 4.18. The lowest BCUT2D eigenvalue weighted by molar-refractivity contribution is -0.747. The summed E-state index contributed by atoms with van der Waals surface area (Å²) in [5.41, 5.74) is 0. The first kappa shape index (κ1) is 16.1. The Morgan fingerprint density at radius 3 is 1.67 bits per heavy atom. The fraction of sp³-hybridized carbons (Fsp3) is 0.647. The van der Waals surface area contributed by atoms with Gasteiger partial charge in [-0.2, -0.15) is 0 Å². The van der Waals surface area contributed by atoms with Gasteiger partial charge in [0.1, 0.15) is 12.4 Å². The fourth-order valence-electron chi connectivity index (χ4n) is 2.86. The van der Waals surface area contributed by atoms with Crippen molar-refractivity contribution in [1.29, 1.82) is 0 Å². The minimum absolute atomic E-state index is 1.09. The number of nitrogens with zero attached hydrogens (tertiary/aromatic N) is 2. The molecule has 2 aliphatic heterocycles. The normalized spacial score (nSPS) is 23.7. The molecule has 0 bridgehead atoms. The van der Waals surface area contributed by atoms with Gasteiger partial charge < -0.3 is 0 Å². The summed E-state index contributed by atoms with van der Waals surface area (Å²) >= 11 is 0. The van der Waals surface area contributed by atoms with Gasteiger partial charge in [-0.25, -0.2) is 9.98 Å². The van der Waals surface area contributed by atoms with Crippen LogP contribution in [0.4, 0.5) is 0 Å². The molecule has 4 heteroatoms. The van der Waals surface area contributed by atoms with E-state index in [-0.39, 0.29) is 0 Å². The van der Waals surface area contributed by atoms with E-state index < -0.39 is 0 Å². The minimum Gasteiger partial charge on any atom is -0.262 e. The molecule has 116 valence electrons. The number of amidine groups is 2. The van der Waals surface area contributed by atoms with Crippen LogP contribution in [0.2, 0.25) is 0 Å². The van der Waals surface area contributed by atoms with Crippen molar-refractivity contribution in [1.82, 2.24) is 0 Å². The quantitative estimate of drug-likeness (QED) is 0.608. The van der Waals surface area contributed by atoms with Gasteiger partial charge in [0.2, 0.25) is 11.7 Å². The molecule has 21 heavy (non-hydrogen) atoms. The molecular formula is C17H30N4+2. The smallest absolute Gasteiger partial charge is 0.205 e. The summed E-state index contributed by atoms with van der Waals surface area (Å²) in [4.78, 5) is 12.0. The molecule has 0 radical (unpaired) electrons. The first-order chi connectivity index (χ1) is 10.3. The number of rotatable bonds is 10. The highest BCUT2D eigenvalue weighted by Gasteiger charge is 2.21. The van der Waals surface area contributed by atoms with Crippen molar-refractivity contribution >= 4 is 11.7 Å². The van der Waals surface area contributed by atoms with Crippen molar-refractivity contribution in [2.75, 3.05) is 13.1 Å². The van der Waals surface area contributed by atoms with E-state index in [9.17, 15) is 0 Å². The summed E-state index contributed by atoms with van der Waals surface area (Å²) < 4.78 is 0. The Hall–Kier alpha value is -1.26. The number of unbranched alkanes of at least 4 members (excludes halogenated alkanes) is 2. The van der Waals surface area contributed by atoms with Crippen LogP contribution >= 0.6 is 0 Å². The van der Waals surface area contributed by atoms with Gasteiger partial charge in [-0.15, -0.1) is 0 Å². The van der Waals surface area contributed by atoms with Crippen LogP contribution in [0.3, 0.4) is 0 Å². The maximum atomic E-state index is 4.54. The molecule has 0 aromatic heterocycles. The van der Waals surface area contributed by atoms with Crippen LogP contribution in [0.5, 0.6) is 0 Å². The maximum Gasteiger partial charge on any atom is 0.205 e. The number of aliphatic imine (C=N–C) groups is 2. The standard InChI is InChI=1S/C17H28N4/c1-3-5-12-20-14-10-18-16(20)8-7-9-17-19-11-15-21(17)13-6-4-2/h10-11,14-15H,3-9,12-13H2,1-2H3/p+2. The third kappa shape index (κ3) is 4.90. The van der Waals surface area contributed by atoms with Gasteiger partial charge in [-0.1, -0.05) is 26.7 Å². The zero-order valence-corrected chi connectivity index (χ0v) is 13.6.